The molecule has 15 heavy (non-hydrogen) atoms. The Morgan fingerprint density at radius 1 is 1.33 bits per heavy atom. The van der Waals surface area contributed by atoms with Crippen LogP contribution in [0, 0.1) is 0 Å². The number of aromatic nitrogens is 1. The summed E-state index contributed by atoms with van der Waals surface area (Å²) in [5, 5.41) is 19.5. The van der Waals surface area contributed by atoms with Crippen LogP contribution in [0.15, 0.2) is 24.3 Å². The summed E-state index contributed by atoms with van der Waals surface area (Å²) in [6.07, 6.45) is 0. The normalized spacial score (nSPS) is 13.3. The van der Waals surface area contributed by atoms with E-state index in [1.54, 1.807) is 12.1 Å². The Morgan fingerprint density at radius 3 is 2.73 bits per heavy atom. The van der Waals surface area contributed by atoms with E-state index in [0.29, 0.717) is 0 Å². The van der Waals surface area contributed by atoms with Crippen LogP contribution in [-0.4, -0.2) is 21.4 Å². The van der Waals surface area contributed by atoms with Crippen LogP contribution in [-0.2, 0) is 7.05 Å². The molecule has 1 unspecified atom stereocenters. The predicted molar refractivity (Wildman–Crippen MR) is 60.1 cm³/mol. The van der Waals surface area contributed by atoms with E-state index in [1.807, 2.05) is 26.1 Å². The number of aliphatic hydroxyl groups excluding tert-OH is 1. The first-order valence-corrected chi connectivity index (χ1v) is 5.02. The third kappa shape index (κ3) is 1.59. The predicted octanol–water partition coefficient (Wildman–Crippen LogP) is 1.98. The van der Waals surface area contributed by atoms with Gasteiger partial charge in [0.2, 0.25) is 0 Å². The zero-order valence-electron chi connectivity index (χ0n) is 8.94. The van der Waals surface area contributed by atoms with Crippen LogP contribution in [0.25, 0.3) is 10.9 Å². The first-order chi connectivity index (χ1) is 7.13. The summed E-state index contributed by atoms with van der Waals surface area (Å²) in [7, 11) is 1.97. The van der Waals surface area contributed by atoms with E-state index < -0.39 is 0 Å². The van der Waals surface area contributed by atoms with Gasteiger partial charge in [-0.15, -0.1) is 0 Å². The lowest BCUT2D eigenvalue weighted by atomic mass is 10.1. The maximum atomic E-state index is 9.37. The van der Waals surface area contributed by atoms with Crippen LogP contribution in [0.3, 0.4) is 0 Å². The molecule has 0 radical (unpaired) electrons. The third-order valence-corrected chi connectivity index (χ3v) is 2.84. The van der Waals surface area contributed by atoms with Crippen LogP contribution in [0.4, 0.5) is 0 Å². The number of phenols is 1. The molecule has 0 saturated heterocycles. The Hall–Kier alpha value is -1.48. The molecule has 2 N–H and O–H groups in total. The first-order valence-electron chi connectivity index (χ1n) is 5.02. The van der Waals surface area contributed by atoms with E-state index in [2.05, 4.69) is 4.57 Å². The third-order valence-electron chi connectivity index (χ3n) is 2.84. The molecule has 3 heteroatoms. The maximum absolute atomic E-state index is 9.37. The molecule has 0 bridgehead atoms. The Morgan fingerprint density at radius 2 is 2.07 bits per heavy atom. The van der Waals surface area contributed by atoms with Crippen molar-refractivity contribution in [2.45, 2.75) is 12.8 Å². The molecule has 0 aliphatic carbocycles. The monoisotopic (exact) mass is 205 g/mol. The molecule has 1 aromatic carbocycles. The quantitative estimate of drug-likeness (QED) is 0.787. The van der Waals surface area contributed by atoms with Crippen LogP contribution in [0.2, 0.25) is 0 Å². The number of hydrogen-bond acceptors (Lipinski definition) is 2. The highest BCUT2D eigenvalue weighted by Crippen LogP contribution is 2.26. The van der Waals surface area contributed by atoms with Crippen molar-refractivity contribution in [1.82, 2.24) is 4.57 Å². The Bertz CT molecular complexity index is 488. The molecule has 0 fully saturated rings. The van der Waals surface area contributed by atoms with Crippen molar-refractivity contribution in [2.24, 2.45) is 7.05 Å². The Kier molecular flexibility index (Phi) is 2.40. The standard InChI is InChI=1S/C12H15NO2/c1-8(7-14)12-6-9-5-10(15)3-4-11(9)13(12)2/h3-6,8,14-15H,7H2,1-2H3. The van der Waals surface area contributed by atoms with Gasteiger partial charge in [0.15, 0.2) is 0 Å². The van der Waals surface area contributed by atoms with E-state index >= 15 is 0 Å². The minimum atomic E-state index is 0.115. The van der Waals surface area contributed by atoms with Gasteiger partial charge in [-0.3, -0.25) is 0 Å². The van der Waals surface area contributed by atoms with Crippen LogP contribution >= 0.6 is 0 Å². The van der Waals surface area contributed by atoms with E-state index in [0.717, 1.165) is 16.6 Å². The van der Waals surface area contributed by atoms with Gasteiger partial charge < -0.3 is 14.8 Å². The molecule has 1 heterocycles. The number of rotatable bonds is 2. The summed E-state index contributed by atoms with van der Waals surface area (Å²) in [5.74, 6) is 0.390. The summed E-state index contributed by atoms with van der Waals surface area (Å²) < 4.78 is 2.05. The summed E-state index contributed by atoms with van der Waals surface area (Å²) in [6.45, 7) is 2.12. The largest absolute Gasteiger partial charge is 0.508 e. The highest BCUT2D eigenvalue weighted by Gasteiger charge is 2.11. The summed E-state index contributed by atoms with van der Waals surface area (Å²) in [6, 6.07) is 7.31. The van der Waals surface area contributed by atoms with Crippen molar-refractivity contribution in [2.75, 3.05) is 6.61 Å². The van der Waals surface area contributed by atoms with Crippen molar-refractivity contribution >= 4 is 10.9 Å². The molecule has 1 atom stereocenters. The highest BCUT2D eigenvalue weighted by atomic mass is 16.3. The second-order valence-corrected chi connectivity index (χ2v) is 3.95. The number of aromatic hydroxyl groups is 1. The molecule has 1 aromatic heterocycles. The Balaban J connectivity index is 2.63. The van der Waals surface area contributed by atoms with Gasteiger partial charge in [-0.05, 0) is 24.3 Å². The summed E-state index contributed by atoms with van der Waals surface area (Å²) in [5.41, 5.74) is 2.15. The number of nitrogens with zero attached hydrogens (tertiary/aromatic N) is 1. The molecule has 2 rings (SSSR count). The fourth-order valence-corrected chi connectivity index (χ4v) is 1.92. The smallest absolute Gasteiger partial charge is 0.116 e. The average Bonchev–Trinajstić information content (AvgIpc) is 2.54. The first kappa shape index (κ1) is 10.1. The van der Waals surface area contributed by atoms with Crippen molar-refractivity contribution in [1.29, 1.82) is 0 Å². The minimum Gasteiger partial charge on any atom is -0.508 e. The summed E-state index contributed by atoms with van der Waals surface area (Å²) in [4.78, 5) is 0. The fraction of sp³-hybridized carbons (Fsp3) is 0.333. The molecule has 0 amide bonds. The number of phenolic OH excluding ortho intramolecular Hbond substituents is 1. The zero-order chi connectivity index (χ0) is 11.0. The van der Waals surface area contributed by atoms with Gasteiger partial charge in [0.05, 0.1) is 6.61 Å². The number of benzene rings is 1. The lowest BCUT2D eigenvalue weighted by molar-refractivity contribution is 0.269. The van der Waals surface area contributed by atoms with E-state index in [1.165, 1.54) is 0 Å². The molecule has 0 saturated carbocycles. The van der Waals surface area contributed by atoms with Crippen molar-refractivity contribution in [3.05, 3.63) is 30.0 Å². The number of aryl methyl sites for hydroxylation is 1. The lowest BCUT2D eigenvalue weighted by Gasteiger charge is -2.09. The second kappa shape index (κ2) is 3.59. The van der Waals surface area contributed by atoms with Gasteiger partial charge in [-0.25, -0.2) is 0 Å². The van der Waals surface area contributed by atoms with E-state index in [-0.39, 0.29) is 18.3 Å². The zero-order valence-corrected chi connectivity index (χ0v) is 8.94. The molecular weight excluding hydrogens is 190 g/mol. The van der Waals surface area contributed by atoms with E-state index in [9.17, 15) is 5.11 Å². The lowest BCUT2D eigenvalue weighted by Crippen LogP contribution is -2.04. The fourth-order valence-electron chi connectivity index (χ4n) is 1.92. The molecule has 0 aliphatic heterocycles. The van der Waals surface area contributed by atoms with Crippen molar-refractivity contribution in [3.8, 4) is 5.75 Å². The van der Waals surface area contributed by atoms with Crippen LogP contribution in [0.1, 0.15) is 18.5 Å². The topological polar surface area (TPSA) is 45.4 Å². The maximum Gasteiger partial charge on any atom is 0.116 e. The Labute approximate surface area is 88.6 Å². The molecule has 2 aromatic rings. The molecule has 3 nitrogen and oxygen atoms in total. The molecule has 80 valence electrons. The van der Waals surface area contributed by atoms with E-state index in [4.69, 9.17) is 5.11 Å². The second-order valence-electron chi connectivity index (χ2n) is 3.95. The van der Waals surface area contributed by atoms with Crippen molar-refractivity contribution in [3.63, 3.8) is 0 Å². The molecular formula is C12H15NO2. The summed E-state index contributed by atoms with van der Waals surface area (Å²) >= 11 is 0. The van der Waals surface area contributed by atoms with Gasteiger partial charge in [-0.1, -0.05) is 6.92 Å². The van der Waals surface area contributed by atoms with Gasteiger partial charge in [0.1, 0.15) is 5.75 Å². The van der Waals surface area contributed by atoms with Gasteiger partial charge in [0.25, 0.3) is 0 Å². The van der Waals surface area contributed by atoms with Gasteiger partial charge >= 0.3 is 0 Å². The number of hydrogen-bond donors (Lipinski definition) is 2. The van der Waals surface area contributed by atoms with Gasteiger partial charge in [0, 0.05) is 29.6 Å². The average molecular weight is 205 g/mol. The number of aliphatic hydroxyl groups is 1. The molecule has 0 aliphatic rings. The number of fused-ring (bicyclic) bond motifs is 1. The van der Waals surface area contributed by atoms with Crippen molar-refractivity contribution < 1.29 is 10.2 Å². The van der Waals surface area contributed by atoms with Gasteiger partial charge in [-0.2, -0.15) is 0 Å². The highest BCUT2D eigenvalue weighted by molar-refractivity contribution is 5.82. The minimum absolute atomic E-state index is 0.115. The van der Waals surface area contributed by atoms with Crippen LogP contribution in [0.5, 0.6) is 5.75 Å². The SMILES string of the molecule is CC(CO)c1cc2cc(O)ccc2n1C. The van der Waals surface area contributed by atoms with Crippen LogP contribution < -0.4 is 0 Å². The molecule has 0 spiro atoms.